The van der Waals surface area contributed by atoms with Gasteiger partial charge in [-0.25, -0.2) is 9.37 Å². The Morgan fingerprint density at radius 2 is 2.30 bits per heavy atom. The van der Waals surface area contributed by atoms with Crippen LogP contribution in [0, 0.1) is 11.7 Å². The van der Waals surface area contributed by atoms with E-state index >= 15 is 0 Å². The van der Waals surface area contributed by atoms with Gasteiger partial charge in [-0.1, -0.05) is 6.07 Å². The Morgan fingerprint density at radius 1 is 1.43 bits per heavy atom. The van der Waals surface area contributed by atoms with Gasteiger partial charge in [0.2, 0.25) is 5.76 Å². The Labute approximate surface area is 131 Å². The van der Waals surface area contributed by atoms with Crippen molar-refractivity contribution in [2.75, 3.05) is 11.9 Å². The minimum Gasteiger partial charge on any atom is -0.438 e. The minimum absolute atomic E-state index is 0.121. The lowest BCUT2D eigenvalue weighted by molar-refractivity contribution is -0.121. The van der Waals surface area contributed by atoms with E-state index in [0.29, 0.717) is 18.7 Å². The van der Waals surface area contributed by atoms with Crippen LogP contribution in [0.2, 0.25) is 0 Å². The Balaban J connectivity index is 1.57. The number of fused-ring (bicyclic) bond motifs is 1. The van der Waals surface area contributed by atoms with Crippen molar-refractivity contribution < 1.29 is 18.4 Å². The van der Waals surface area contributed by atoms with Crippen molar-refractivity contribution in [3.63, 3.8) is 0 Å². The lowest BCUT2D eigenvalue weighted by Gasteiger charge is -2.26. The summed E-state index contributed by atoms with van der Waals surface area (Å²) in [5.74, 6) is -0.776. The van der Waals surface area contributed by atoms with Gasteiger partial charge >= 0.3 is 0 Å². The van der Waals surface area contributed by atoms with Crippen molar-refractivity contribution >= 4 is 17.5 Å². The molecule has 2 fully saturated rings. The highest BCUT2D eigenvalue weighted by molar-refractivity contribution is 6.05. The van der Waals surface area contributed by atoms with Crippen LogP contribution in [0.5, 0.6) is 0 Å². The number of nitrogens with zero attached hydrogens (tertiary/aromatic N) is 2. The second-order valence-corrected chi connectivity index (χ2v) is 5.90. The second-order valence-electron chi connectivity index (χ2n) is 5.90. The molecule has 23 heavy (non-hydrogen) atoms. The van der Waals surface area contributed by atoms with Gasteiger partial charge in [-0.2, -0.15) is 0 Å². The van der Waals surface area contributed by atoms with E-state index in [9.17, 15) is 14.0 Å². The van der Waals surface area contributed by atoms with Gasteiger partial charge in [0.15, 0.2) is 6.39 Å². The molecule has 7 heteroatoms. The summed E-state index contributed by atoms with van der Waals surface area (Å²) < 4.78 is 18.3. The summed E-state index contributed by atoms with van der Waals surface area (Å²) in [6.45, 7) is 0.501. The summed E-state index contributed by atoms with van der Waals surface area (Å²) in [6, 6.07) is 5.71. The van der Waals surface area contributed by atoms with Crippen LogP contribution in [-0.4, -0.2) is 33.8 Å². The number of hydrogen-bond donors (Lipinski definition) is 1. The molecule has 1 aliphatic carbocycles. The molecule has 0 spiro atoms. The van der Waals surface area contributed by atoms with Gasteiger partial charge in [-0.3, -0.25) is 9.59 Å². The predicted octanol–water partition coefficient (Wildman–Crippen LogP) is 2.06. The molecule has 2 atom stereocenters. The number of aromatic nitrogens is 1. The van der Waals surface area contributed by atoms with Gasteiger partial charge < -0.3 is 14.6 Å². The topological polar surface area (TPSA) is 75.4 Å². The molecular formula is C16H14FN3O3. The van der Waals surface area contributed by atoms with E-state index in [-0.39, 0.29) is 23.5 Å². The predicted molar refractivity (Wildman–Crippen MR) is 78.0 cm³/mol. The molecule has 4 rings (SSSR count). The zero-order valence-electron chi connectivity index (χ0n) is 12.2. The van der Waals surface area contributed by atoms with E-state index in [4.69, 9.17) is 4.42 Å². The molecule has 6 nitrogen and oxygen atoms in total. The first-order valence-electron chi connectivity index (χ1n) is 7.39. The van der Waals surface area contributed by atoms with E-state index in [1.807, 2.05) is 0 Å². The van der Waals surface area contributed by atoms with Crippen LogP contribution in [0.25, 0.3) is 0 Å². The van der Waals surface area contributed by atoms with Gasteiger partial charge in [-0.15, -0.1) is 0 Å². The van der Waals surface area contributed by atoms with E-state index in [1.165, 1.54) is 30.8 Å². The Morgan fingerprint density at radius 3 is 3.00 bits per heavy atom. The summed E-state index contributed by atoms with van der Waals surface area (Å²) in [5, 5.41) is 2.72. The van der Waals surface area contributed by atoms with Gasteiger partial charge in [-0.05, 0) is 37.0 Å². The van der Waals surface area contributed by atoms with Crippen molar-refractivity contribution in [1.82, 2.24) is 9.88 Å². The first kappa shape index (κ1) is 13.9. The number of piperidine rings is 1. The number of anilines is 1. The van der Waals surface area contributed by atoms with Crippen LogP contribution in [0.15, 0.2) is 41.3 Å². The first-order valence-corrected chi connectivity index (χ1v) is 7.39. The van der Waals surface area contributed by atoms with Crippen LogP contribution >= 0.6 is 0 Å². The third-order valence-electron chi connectivity index (χ3n) is 4.62. The van der Waals surface area contributed by atoms with Crippen LogP contribution in [-0.2, 0) is 4.79 Å². The van der Waals surface area contributed by atoms with Crippen molar-refractivity contribution in [1.29, 1.82) is 0 Å². The summed E-state index contributed by atoms with van der Waals surface area (Å²) in [6.07, 6.45) is 3.92. The smallest absolute Gasteiger partial charge is 0.292 e. The number of nitrogens with one attached hydrogen (secondary N) is 1. The number of likely N-dealkylation sites (tertiary alicyclic amines) is 1. The minimum atomic E-state index is -0.851. The fraction of sp³-hybridized carbons (Fsp3) is 0.312. The molecule has 2 unspecified atom stereocenters. The molecule has 2 amide bonds. The number of hydrogen-bond acceptors (Lipinski definition) is 4. The number of halogens is 1. The molecule has 2 heterocycles. The number of carbonyl (C=O) groups is 2. The molecule has 1 aromatic heterocycles. The van der Waals surface area contributed by atoms with Gasteiger partial charge in [0, 0.05) is 12.2 Å². The molecule has 2 aliphatic rings. The molecule has 0 bridgehead atoms. The standard InChI is InChI=1S/C16H14FN3O3/c17-11-2-1-3-12(6-11)19-15(22)16-7-10(16)4-5-20(16)14(21)13-8-18-9-23-13/h1-3,6,8-10H,4-5,7H2,(H,19,22). The normalized spacial score (nSPS) is 25.1. The van der Waals surface area contributed by atoms with Crippen LogP contribution in [0.1, 0.15) is 23.4 Å². The lowest BCUT2D eigenvalue weighted by atomic mass is 10.1. The Hall–Kier alpha value is -2.70. The third kappa shape index (κ3) is 2.11. The number of rotatable bonds is 3. The fourth-order valence-corrected chi connectivity index (χ4v) is 3.42. The van der Waals surface area contributed by atoms with Gasteiger partial charge in [0.05, 0.1) is 6.20 Å². The quantitative estimate of drug-likeness (QED) is 0.940. The molecule has 1 saturated carbocycles. The largest absolute Gasteiger partial charge is 0.438 e. The molecule has 118 valence electrons. The summed E-state index contributed by atoms with van der Waals surface area (Å²) in [4.78, 5) is 30.5. The van der Waals surface area contributed by atoms with E-state index in [1.54, 1.807) is 11.0 Å². The van der Waals surface area contributed by atoms with E-state index < -0.39 is 11.4 Å². The average Bonchev–Trinajstić information content (AvgIpc) is 2.90. The van der Waals surface area contributed by atoms with Gasteiger partial charge in [0.1, 0.15) is 11.4 Å². The van der Waals surface area contributed by atoms with Crippen LogP contribution < -0.4 is 5.32 Å². The highest BCUT2D eigenvalue weighted by Crippen LogP contribution is 2.56. The van der Waals surface area contributed by atoms with Crippen molar-refractivity contribution in [3.05, 3.63) is 48.4 Å². The number of oxazole rings is 1. The molecule has 1 aromatic carbocycles. The highest BCUT2D eigenvalue weighted by atomic mass is 19.1. The third-order valence-corrected chi connectivity index (χ3v) is 4.62. The van der Waals surface area contributed by atoms with Gasteiger partial charge in [0.25, 0.3) is 11.8 Å². The van der Waals surface area contributed by atoms with E-state index in [2.05, 4.69) is 10.3 Å². The number of benzene rings is 1. The van der Waals surface area contributed by atoms with Crippen LogP contribution in [0.4, 0.5) is 10.1 Å². The number of amides is 2. The average molecular weight is 315 g/mol. The Bertz CT molecular complexity index is 777. The van der Waals surface area contributed by atoms with Crippen molar-refractivity contribution in [2.45, 2.75) is 18.4 Å². The Kier molecular flexibility index (Phi) is 2.97. The van der Waals surface area contributed by atoms with Crippen LogP contribution in [0.3, 0.4) is 0 Å². The van der Waals surface area contributed by atoms with E-state index in [0.717, 1.165) is 6.42 Å². The number of carbonyl (C=O) groups excluding carboxylic acids is 2. The van der Waals surface area contributed by atoms with Crippen molar-refractivity contribution in [2.24, 2.45) is 5.92 Å². The molecule has 1 N–H and O–H groups in total. The first-order chi connectivity index (χ1) is 11.1. The monoisotopic (exact) mass is 315 g/mol. The zero-order valence-corrected chi connectivity index (χ0v) is 12.2. The fourth-order valence-electron chi connectivity index (χ4n) is 3.42. The summed E-state index contributed by atoms with van der Waals surface area (Å²) in [5.41, 5.74) is -0.468. The maximum atomic E-state index is 13.3. The molecular weight excluding hydrogens is 301 g/mol. The summed E-state index contributed by atoms with van der Waals surface area (Å²) in [7, 11) is 0. The zero-order chi connectivity index (χ0) is 16.0. The molecule has 0 radical (unpaired) electrons. The molecule has 1 saturated heterocycles. The van der Waals surface area contributed by atoms with Crippen molar-refractivity contribution in [3.8, 4) is 0 Å². The second kappa shape index (κ2) is 4.91. The molecule has 1 aliphatic heterocycles. The maximum absolute atomic E-state index is 13.3. The molecule has 2 aromatic rings. The SMILES string of the molecule is O=C(c1cnco1)N1CCC2CC21C(=O)Nc1cccc(F)c1. The maximum Gasteiger partial charge on any atom is 0.292 e. The lowest BCUT2D eigenvalue weighted by Crippen LogP contribution is -2.47. The summed E-state index contributed by atoms with van der Waals surface area (Å²) >= 11 is 0. The highest BCUT2D eigenvalue weighted by Gasteiger charge is 2.68.